The zero-order valence-electron chi connectivity index (χ0n) is 25.2. The molecule has 9 heteroatoms. The van der Waals surface area contributed by atoms with E-state index in [1.165, 1.54) is 26.0 Å². The highest BCUT2D eigenvalue weighted by atomic mass is 16.5. The van der Waals surface area contributed by atoms with Crippen LogP contribution in [-0.2, 0) is 9.59 Å². The van der Waals surface area contributed by atoms with Gasteiger partial charge in [-0.25, -0.2) is 0 Å². The minimum atomic E-state index is -0.804. The molecule has 8 atom stereocenters. The normalized spacial score (nSPS) is 40.2. The van der Waals surface area contributed by atoms with Crippen LogP contribution in [0.1, 0.15) is 99.9 Å². The van der Waals surface area contributed by atoms with Crippen LogP contribution in [0.15, 0.2) is 12.1 Å². The van der Waals surface area contributed by atoms with E-state index in [1.807, 2.05) is 0 Å². The second kappa shape index (κ2) is 10.4. The summed E-state index contributed by atoms with van der Waals surface area (Å²) in [5.74, 6) is 2.19. The molecule has 1 aromatic carbocycles. The number of rotatable bonds is 8. The van der Waals surface area contributed by atoms with Crippen LogP contribution in [0.5, 0.6) is 11.5 Å². The lowest BCUT2D eigenvalue weighted by Gasteiger charge is -2.36. The summed E-state index contributed by atoms with van der Waals surface area (Å²) in [5.41, 5.74) is -0.290. The molecule has 0 heterocycles. The minimum absolute atomic E-state index is 0.0480. The van der Waals surface area contributed by atoms with Gasteiger partial charge in [-0.2, -0.15) is 5.26 Å². The van der Waals surface area contributed by atoms with Crippen molar-refractivity contribution in [1.29, 1.82) is 5.26 Å². The molecule has 3 unspecified atom stereocenters. The fourth-order valence-corrected chi connectivity index (χ4v) is 10.2. The quantitative estimate of drug-likeness (QED) is 0.395. The molecule has 9 nitrogen and oxygen atoms in total. The lowest BCUT2D eigenvalue weighted by atomic mass is 9.75. The lowest BCUT2D eigenvalue weighted by Crippen LogP contribution is -2.54. The van der Waals surface area contributed by atoms with Crippen molar-refractivity contribution in [3.63, 3.8) is 0 Å². The van der Waals surface area contributed by atoms with Crippen molar-refractivity contribution < 1.29 is 29.0 Å². The predicted molar refractivity (Wildman–Crippen MR) is 156 cm³/mol. The molecule has 6 aliphatic rings. The highest BCUT2D eigenvalue weighted by molar-refractivity contribution is 5.98. The van der Waals surface area contributed by atoms with Gasteiger partial charge in [0, 0.05) is 17.6 Å². The number of nitrogens with one attached hydrogen (secondary N) is 2. The number of nitriles is 1. The van der Waals surface area contributed by atoms with E-state index in [2.05, 4.69) is 16.7 Å². The Balaban J connectivity index is 1.08. The zero-order valence-corrected chi connectivity index (χ0v) is 25.2. The number of fused-ring (bicyclic) bond motifs is 3. The predicted octanol–water partition coefficient (Wildman–Crippen LogP) is 4.82. The molecule has 3 N–H and O–H groups in total. The van der Waals surface area contributed by atoms with Crippen LogP contribution in [0.25, 0.3) is 0 Å². The number of carbonyl (C=O) groups is 3. The van der Waals surface area contributed by atoms with E-state index in [1.54, 1.807) is 13.0 Å². The molecular formula is C34H43N3O6. The van der Waals surface area contributed by atoms with Crippen LogP contribution in [0.4, 0.5) is 0 Å². The first-order valence-corrected chi connectivity index (χ1v) is 16.3. The molecule has 2 amide bonds. The van der Waals surface area contributed by atoms with E-state index in [0.29, 0.717) is 31.4 Å². The van der Waals surface area contributed by atoms with Crippen LogP contribution < -0.4 is 20.1 Å². The average Bonchev–Trinajstić information content (AvgIpc) is 3.79. The summed E-state index contributed by atoms with van der Waals surface area (Å²) < 4.78 is 11.8. The summed E-state index contributed by atoms with van der Waals surface area (Å²) >= 11 is 0. The Kier molecular flexibility index (Phi) is 6.90. The molecule has 7 rings (SSSR count). The van der Waals surface area contributed by atoms with Gasteiger partial charge >= 0.3 is 5.97 Å². The number of methoxy groups -OCH3 is 1. The van der Waals surface area contributed by atoms with Gasteiger partial charge in [-0.05, 0) is 120 Å². The first-order chi connectivity index (χ1) is 20.6. The van der Waals surface area contributed by atoms with E-state index in [9.17, 15) is 24.8 Å². The standard InChI is InChI=1S/C34H43N3O6/c1-33(32(40)41)9-7-23(8-10-33)43-26-13-24(27(42-2)12-22(26)17-35)30(38)36-29-19-4-3-18(11-19)28(29)31(39)37-34-14-20-5-6-21(15-34)25(20)16-34/h12-13,18-21,23,25,28-29H,3-11,14-16H2,1-2H3,(H,36,38)(H,37,39)(H,40,41)/t18-,19+,20-,21?,23-,25?,28+,29-,33+,34?/m1/s1. The smallest absolute Gasteiger partial charge is 0.309 e. The van der Waals surface area contributed by atoms with Crippen LogP contribution in [0.3, 0.4) is 0 Å². The van der Waals surface area contributed by atoms with Gasteiger partial charge in [0.15, 0.2) is 0 Å². The summed E-state index contributed by atoms with van der Waals surface area (Å²) in [7, 11) is 1.47. The average molecular weight is 590 g/mol. The number of carboxylic acid groups (broad SMARTS) is 1. The first-order valence-electron chi connectivity index (χ1n) is 16.3. The molecule has 43 heavy (non-hydrogen) atoms. The van der Waals surface area contributed by atoms with Crippen molar-refractivity contribution in [2.45, 2.75) is 102 Å². The van der Waals surface area contributed by atoms with E-state index in [4.69, 9.17) is 9.47 Å². The van der Waals surface area contributed by atoms with Crippen molar-refractivity contribution in [2.75, 3.05) is 7.11 Å². The Morgan fingerprint density at radius 1 is 0.953 bits per heavy atom. The number of aliphatic carboxylic acids is 1. The Hall–Kier alpha value is -3.28. The summed E-state index contributed by atoms with van der Waals surface area (Å²) in [6.45, 7) is 1.76. The maximum absolute atomic E-state index is 13.9. The number of nitrogens with zero attached hydrogens (tertiary/aromatic N) is 1. The largest absolute Gasteiger partial charge is 0.496 e. The molecule has 0 aliphatic heterocycles. The lowest BCUT2D eigenvalue weighted by molar-refractivity contribution is -0.150. The third-order valence-corrected chi connectivity index (χ3v) is 12.5. The molecule has 0 radical (unpaired) electrons. The number of hydrogen-bond acceptors (Lipinski definition) is 6. The van der Waals surface area contributed by atoms with Gasteiger partial charge in [-0.3, -0.25) is 14.4 Å². The van der Waals surface area contributed by atoms with Crippen molar-refractivity contribution >= 4 is 17.8 Å². The molecule has 0 saturated heterocycles. The van der Waals surface area contributed by atoms with Crippen molar-refractivity contribution in [3.8, 4) is 17.6 Å². The van der Waals surface area contributed by atoms with Crippen molar-refractivity contribution in [2.24, 2.45) is 40.9 Å². The fourth-order valence-electron chi connectivity index (χ4n) is 10.2. The van der Waals surface area contributed by atoms with E-state index >= 15 is 0 Å². The number of benzene rings is 1. The van der Waals surface area contributed by atoms with Gasteiger partial charge in [-0.1, -0.05) is 0 Å². The number of carboxylic acids is 1. The first kappa shape index (κ1) is 28.5. The van der Waals surface area contributed by atoms with E-state index in [-0.39, 0.29) is 64.1 Å². The Morgan fingerprint density at radius 2 is 1.63 bits per heavy atom. The van der Waals surface area contributed by atoms with Crippen LogP contribution in [0, 0.1) is 52.3 Å². The topological polar surface area (TPSA) is 138 Å². The highest BCUT2D eigenvalue weighted by Crippen LogP contribution is 2.62. The Bertz CT molecular complexity index is 1360. The maximum Gasteiger partial charge on any atom is 0.309 e. The SMILES string of the molecule is COc1cc(C#N)c(O[C@H]2CC[C@@](C)(C(=O)O)CC2)cc1C(=O)N[C@@H]1[C@H]2CC[C@H](C2)[C@@H]1C(=O)NC12CC3CC[C@H](C1)C3C2. The van der Waals surface area contributed by atoms with Crippen molar-refractivity contribution in [1.82, 2.24) is 10.6 Å². The molecule has 0 aromatic heterocycles. The van der Waals surface area contributed by atoms with Gasteiger partial charge in [0.1, 0.15) is 17.6 Å². The van der Waals surface area contributed by atoms with Crippen molar-refractivity contribution in [3.05, 3.63) is 23.3 Å². The molecule has 230 valence electrons. The summed E-state index contributed by atoms with van der Waals surface area (Å²) in [6, 6.07) is 5.02. The van der Waals surface area contributed by atoms with E-state index in [0.717, 1.165) is 56.3 Å². The van der Waals surface area contributed by atoms with Crippen LogP contribution in [-0.4, -0.2) is 47.7 Å². The summed E-state index contributed by atoms with van der Waals surface area (Å²) in [4.78, 5) is 39.5. The van der Waals surface area contributed by atoms with Gasteiger partial charge in [0.05, 0.1) is 35.7 Å². The third kappa shape index (κ3) is 4.76. The minimum Gasteiger partial charge on any atom is -0.496 e. The van der Waals surface area contributed by atoms with Gasteiger partial charge in [0.2, 0.25) is 5.91 Å². The Labute approximate surface area is 253 Å². The molecular weight excluding hydrogens is 546 g/mol. The highest BCUT2D eigenvalue weighted by Gasteiger charge is 2.60. The van der Waals surface area contributed by atoms with Crippen LogP contribution in [0.2, 0.25) is 0 Å². The maximum atomic E-state index is 13.9. The number of carbonyl (C=O) groups excluding carboxylic acids is 2. The molecule has 1 aromatic rings. The van der Waals surface area contributed by atoms with Gasteiger partial charge < -0.3 is 25.2 Å². The molecule has 6 saturated carbocycles. The van der Waals surface area contributed by atoms with E-state index < -0.39 is 11.4 Å². The second-order valence-electron chi connectivity index (χ2n) is 14.8. The second-order valence-corrected chi connectivity index (χ2v) is 14.8. The number of ether oxygens (including phenoxy) is 2. The summed E-state index contributed by atoms with van der Waals surface area (Å²) in [6.07, 6.45) is 10.8. The van der Waals surface area contributed by atoms with Gasteiger partial charge in [-0.15, -0.1) is 0 Å². The summed E-state index contributed by atoms with van der Waals surface area (Å²) in [5, 5.41) is 26.2. The monoisotopic (exact) mass is 589 g/mol. The van der Waals surface area contributed by atoms with Gasteiger partial charge in [0.25, 0.3) is 5.91 Å². The molecule has 0 spiro atoms. The third-order valence-electron chi connectivity index (χ3n) is 12.5. The Morgan fingerprint density at radius 3 is 2.26 bits per heavy atom. The zero-order chi connectivity index (χ0) is 30.1. The fraction of sp³-hybridized carbons (Fsp3) is 0.706. The molecule has 6 aliphatic carbocycles. The number of amides is 2. The van der Waals surface area contributed by atoms with Crippen LogP contribution >= 0.6 is 0 Å². The number of hydrogen-bond donors (Lipinski definition) is 3. The molecule has 6 fully saturated rings. The molecule has 4 bridgehead atoms.